The van der Waals surface area contributed by atoms with Gasteiger partial charge >= 0.3 is 0 Å². The van der Waals surface area contributed by atoms with E-state index in [0.717, 1.165) is 11.8 Å². The van der Waals surface area contributed by atoms with Crippen LogP contribution in [0, 0.1) is 0 Å². The zero-order valence-corrected chi connectivity index (χ0v) is 11.3. The van der Waals surface area contributed by atoms with Crippen LogP contribution in [0.5, 0.6) is 0 Å². The number of amides is 1. The van der Waals surface area contributed by atoms with Gasteiger partial charge in [-0.15, -0.1) is 0 Å². The molecule has 2 aromatic rings. The molecule has 0 fully saturated rings. The van der Waals surface area contributed by atoms with Gasteiger partial charge in [0.1, 0.15) is 0 Å². The highest BCUT2D eigenvalue weighted by atomic mass is 16.5. The van der Waals surface area contributed by atoms with Gasteiger partial charge in [-0.2, -0.15) is 0 Å². The first-order valence-electron chi connectivity index (χ1n) is 6.42. The second kappa shape index (κ2) is 7.16. The predicted molar refractivity (Wildman–Crippen MR) is 77.6 cm³/mol. The van der Waals surface area contributed by atoms with Crippen LogP contribution in [-0.2, 0) is 17.8 Å². The van der Waals surface area contributed by atoms with E-state index in [1.807, 2.05) is 18.2 Å². The third-order valence-corrected chi connectivity index (χ3v) is 2.91. The molecule has 6 nitrogen and oxygen atoms in total. The Bertz CT molecular complexity index is 693. The number of rotatable bonds is 5. The Morgan fingerprint density at radius 1 is 1.33 bits per heavy atom. The normalized spacial score (nSPS) is 10.7. The van der Waals surface area contributed by atoms with Crippen LogP contribution < -0.4 is 11.0 Å². The van der Waals surface area contributed by atoms with Crippen LogP contribution in [0.4, 0.5) is 0 Å². The zero-order valence-electron chi connectivity index (χ0n) is 11.3. The third kappa shape index (κ3) is 4.12. The van der Waals surface area contributed by atoms with Gasteiger partial charge in [-0.1, -0.05) is 6.07 Å². The summed E-state index contributed by atoms with van der Waals surface area (Å²) in [6.07, 6.45) is 6.51. The number of hydroxylamine groups is 1. The SMILES string of the molecule is O=C(/C=C/c1cccn(CCc2ccccn2)c1=O)NO. The van der Waals surface area contributed by atoms with E-state index < -0.39 is 5.91 Å². The molecule has 0 unspecified atom stereocenters. The number of pyridine rings is 2. The average Bonchev–Trinajstić information content (AvgIpc) is 2.53. The molecule has 0 aliphatic heterocycles. The van der Waals surface area contributed by atoms with Gasteiger partial charge in [0.05, 0.1) is 0 Å². The van der Waals surface area contributed by atoms with Crippen molar-refractivity contribution in [3.8, 4) is 0 Å². The van der Waals surface area contributed by atoms with E-state index in [1.54, 1.807) is 29.1 Å². The number of hydrogen-bond donors (Lipinski definition) is 2. The van der Waals surface area contributed by atoms with Gasteiger partial charge < -0.3 is 4.57 Å². The lowest BCUT2D eigenvalue weighted by molar-refractivity contribution is -0.124. The van der Waals surface area contributed by atoms with Gasteiger partial charge in [0.25, 0.3) is 11.5 Å². The van der Waals surface area contributed by atoms with Crippen molar-refractivity contribution >= 4 is 12.0 Å². The molecule has 0 radical (unpaired) electrons. The molecule has 0 aliphatic rings. The van der Waals surface area contributed by atoms with Crippen molar-refractivity contribution in [1.82, 2.24) is 15.0 Å². The van der Waals surface area contributed by atoms with Crippen molar-refractivity contribution in [2.75, 3.05) is 0 Å². The van der Waals surface area contributed by atoms with Gasteiger partial charge in [-0.3, -0.25) is 19.8 Å². The summed E-state index contributed by atoms with van der Waals surface area (Å²) in [7, 11) is 0. The summed E-state index contributed by atoms with van der Waals surface area (Å²) in [5.74, 6) is -0.682. The summed E-state index contributed by atoms with van der Waals surface area (Å²) < 4.78 is 1.56. The number of aromatic nitrogens is 2. The highest BCUT2D eigenvalue weighted by Gasteiger charge is 2.02. The van der Waals surface area contributed by atoms with E-state index in [9.17, 15) is 9.59 Å². The summed E-state index contributed by atoms with van der Waals surface area (Å²) in [4.78, 5) is 27.3. The Balaban J connectivity index is 2.13. The maximum atomic E-state index is 12.2. The highest BCUT2D eigenvalue weighted by Crippen LogP contribution is 1.99. The molecule has 108 valence electrons. The van der Waals surface area contributed by atoms with Crippen molar-refractivity contribution in [2.45, 2.75) is 13.0 Å². The lowest BCUT2D eigenvalue weighted by Crippen LogP contribution is -2.22. The fraction of sp³-hybridized carbons (Fsp3) is 0.133. The van der Waals surface area contributed by atoms with Crippen LogP contribution in [0.15, 0.2) is 53.6 Å². The molecule has 2 N–H and O–H groups in total. The lowest BCUT2D eigenvalue weighted by atomic mass is 10.2. The molecule has 2 rings (SSSR count). The van der Waals surface area contributed by atoms with E-state index in [1.165, 1.54) is 11.6 Å². The van der Waals surface area contributed by atoms with Crippen molar-refractivity contribution in [2.24, 2.45) is 0 Å². The molecule has 0 bridgehead atoms. The molecule has 0 aliphatic carbocycles. The zero-order chi connectivity index (χ0) is 15.1. The largest absolute Gasteiger partial charge is 0.315 e. The van der Waals surface area contributed by atoms with Gasteiger partial charge in [-0.05, 0) is 30.3 Å². The number of hydrogen-bond acceptors (Lipinski definition) is 4. The first-order valence-corrected chi connectivity index (χ1v) is 6.42. The van der Waals surface area contributed by atoms with E-state index in [-0.39, 0.29) is 5.56 Å². The Kier molecular flexibility index (Phi) is 5.00. The van der Waals surface area contributed by atoms with Gasteiger partial charge in [0.15, 0.2) is 0 Å². The number of nitrogens with one attached hydrogen (secondary N) is 1. The highest BCUT2D eigenvalue weighted by molar-refractivity contribution is 5.90. The summed E-state index contributed by atoms with van der Waals surface area (Å²) in [6.45, 7) is 0.504. The monoisotopic (exact) mass is 285 g/mol. The number of aryl methyl sites for hydroxylation is 2. The van der Waals surface area contributed by atoms with Crippen LogP contribution in [-0.4, -0.2) is 20.7 Å². The second-order valence-electron chi connectivity index (χ2n) is 4.34. The van der Waals surface area contributed by atoms with Gasteiger partial charge in [0, 0.05) is 42.7 Å². The van der Waals surface area contributed by atoms with Gasteiger partial charge in [-0.25, -0.2) is 5.48 Å². The molecule has 0 aromatic carbocycles. The fourth-order valence-corrected chi connectivity index (χ4v) is 1.84. The first-order chi connectivity index (χ1) is 10.2. The average molecular weight is 285 g/mol. The molecule has 0 saturated carbocycles. The molecule has 21 heavy (non-hydrogen) atoms. The minimum Gasteiger partial charge on any atom is -0.315 e. The smallest absolute Gasteiger partial charge is 0.267 e. The van der Waals surface area contributed by atoms with Crippen LogP contribution >= 0.6 is 0 Å². The number of nitrogens with zero attached hydrogens (tertiary/aromatic N) is 2. The number of carbonyl (C=O) groups is 1. The molecular weight excluding hydrogens is 270 g/mol. The van der Waals surface area contributed by atoms with Crippen molar-refractivity contribution in [3.63, 3.8) is 0 Å². The first kappa shape index (κ1) is 14.7. The van der Waals surface area contributed by atoms with Crippen LogP contribution in [0.2, 0.25) is 0 Å². The molecule has 0 saturated heterocycles. The topological polar surface area (TPSA) is 84.2 Å². The summed E-state index contributed by atoms with van der Waals surface area (Å²) >= 11 is 0. The third-order valence-electron chi connectivity index (χ3n) is 2.91. The van der Waals surface area contributed by atoms with Crippen LogP contribution in [0.25, 0.3) is 6.08 Å². The maximum absolute atomic E-state index is 12.2. The molecule has 2 heterocycles. The summed E-state index contributed by atoms with van der Waals surface area (Å²) in [5, 5.41) is 8.41. The molecule has 1 amide bonds. The number of carbonyl (C=O) groups excluding carboxylic acids is 1. The van der Waals surface area contributed by atoms with Gasteiger partial charge in [0.2, 0.25) is 0 Å². The van der Waals surface area contributed by atoms with Crippen molar-refractivity contribution < 1.29 is 10.0 Å². The predicted octanol–water partition coefficient (Wildman–Crippen LogP) is 1.00. The Morgan fingerprint density at radius 2 is 2.19 bits per heavy atom. The quantitative estimate of drug-likeness (QED) is 0.488. The van der Waals surface area contributed by atoms with Crippen molar-refractivity contribution in [3.05, 3.63) is 70.4 Å². The van der Waals surface area contributed by atoms with E-state index in [2.05, 4.69) is 4.98 Å². The fourth-order valence-electron chi connectivity index (χ4n) is 1.84. The second-order valence-corrected chi connectivity index (χ2v) is 4.34. The lowest BCUT2D eigenvalue weighted by Gasteiger charge is -2.06. The van der Waals surface area contributed by atoms with Crippen molar-refractivity contribution in [1.29, 1.82) is 0 Å². The molecule has 2 aromatic heterocycles. The van der Waals surface area contributed by atoms with Crippen LogP contribution in [0.3, 0.4) is 0 Å². The molecule has 6 heteroatoms. The Hall–Kier alpha value is -2.73. The Morgan fingerprint density at radius 3 is 2.90 bits per heavy atom. The molecule has 0 atom stereocenters. The minimum absolute atomic E-state index is 0.199. The summed E-state index contributed by atoms with van der Waals surface area (Å²) in [6, 6.07) is 8.99. The van der Waals surface area contributed by atoms with Crippen LogP contribution in [0.1, 0.15) is 11.3 Å². The summed E-state index contributed by atoms with van der Waals surface area (Å²) in [5.41, 5.74) is 2.56. The molecular formula is C15H15N3O3. The van der Waals surface area contributed by atoms with E-state index in [4.69, 9.17) is 5.21 Å². The maximum Gasteiger partial charge on any atom is 0.267 e. The standard InChI is InChI=1S/C15H15N3O3/c19-14(17-21)7-6-12-4-3-10-18(15(12)20)11-8-13-5-1-2-9-16-13/h1-7,9-10,21H,8,11H2,(H,17,19)/b7-6+. The molecule has 0 spiro atoms. The van der Waals surface area contributed by atoms with E-state index >= 15 is 0 Å². The van der Waals surface area contributed by atoms with E-state index in [0.29, 0.717) is 18.5 Å². The Labute approximate surface area is 121 Å². The minimum atomic E-state index is -0.682.